The molecule has 2 aliphatic heterocycles. The van der Waals surface area contributed by atoms with Gasteiger partial charge in [-0.15, -0.1) is 6.58 Å². The van der Waals surface area contributed by atoms with E-state index in [1.165, 1.54) is 24.3 Å². The highest BCUT2D eigenvalue weighted by Gasteiger charge is 2.48. The number of nitro groups is 1. The highest BCUT2D eigenvalue weighted by atomic mass is 19.1. The summed E-state index contributed by atoms with van der Waals surface area (Å²) in [6, 6.07) is 21.5. The average Bonchev–Trinajstić information content (AvgIpc) is 3.35. The Morgan fingerprint density at radius 3 is 2.43 bits per heavy atom. The van der Waals surface area contributed by atoms with Crippen LogP contribution in [-0.2, 0) is 23.5 Å². The van der Waals surface area contributed by atoms with E-state index in [-0.39, 0.29) is 30.1 Å². The van der Waals surface area contributed by atoms with Gasteiger partial charge in [0.15, 0.2) is 0 Å². The van der Waals surface area contributed by atoms with Crippen molar-refractivity contribution in [2.45, 2.75) is 50.1 Å². The molecule has 3 unspecified atom stereocenters. The summed E-state index contributed by atoms with van der Waals surface area (Å²) >= 11 is 0. The van der Waals surface area contributed by atoms with E-state index < -0.39 is 22.7 Å². The maximum atomic E-state index is 13.9. The summed E-state index contributed by atoms with van der Waals surface area (Å²) in [5.41, 5.74) is 1.10. The molecule has 2 saturated heterocycles. The van der Waals surface area contributed by atoms with Gasteiger partial charge in [0.1, 0.15) is 18.0 Å². The number of benzene rings is 3. The first-order valence-corrected chi connectivity index (χ1v) is 15.0. The second-order valence-corrected chi connectivity index (χ2v) is 11.7. The molecular weight excluding hydrogens is 563 g/mol. The monoisotopic (exact) mass is 602 g/mol. The molecule has 3 aromatic rings. The number of β-amino-alcohol motifs (C(OH)–C–C–N with tert-alkyl or cyclic N) is 1. The van der Waals surface area contributed by atoms with Crippen molar-refractivity contribution in [2.24, 2.45) is 5.92 Å². The van der Waals surface area contributed by atoms with Crippen molar-refractivity contribution >= 4 is 11.8 Å². The lowest BCUT2D eigenvalue weighted by molar-refractivity contribution is -0.384. The molecule has 0 spiro atoms. The van der Waals surface area contributed by atoms with Gasteiger partial charge in [-0.2, -0.15) is 0 Å². The van der Waals surface area contributed by atoms with Crippen LogP contribution in [0.15, 0.2) is 91.5 Å². The molecule has 0 aliphatic carbocycles. The summed E-state index contributed by atoms with van der Waals surface area (Å²) < 4.78 is 19.7. The number of piperidine rings is 1. The summed E-state index contributed by atoms with van der Waals surface area (Å²) in [6.07, 6.45) is 3.16. The summed E-state index contributed by atoms with van der Waals surface area (Å²) in [5, 5.41) is 26.6. The number of rotatable bonds is 11. The van der Waals surface area contributed by atoms with Gasteiger partial charge in [-0.25, -0.2) is 9.18 Å². The number of carbonyl (C=O) groups excluding carboxylic acids is 1. The van der Waals surface area contributed by atoms with E-state index in [0.29, 0.717) is 37.2 Å². The van der Waals surface area contributed by atoms with Crippen molar-refractivity contribution in [1.82, 2.24) is 15.1 Å². The first kappa shape index (κ1) is 31.3. The minimum atomic E-state index is -1.27. The standard InChI is InChI=1S/C34H39FN4O5/c1-2-30(38(31-16-18-36-19-17-31)33(40)44-23-26-8-14-32(15-9-26)39(42)43)20-28-22-37(21-25-6-4-3-5-7-25)24-34(28,41)27-10-12-29(35)13-11-27/h2-15,28,30-31,36,41H,1,16-24H2. The average molecular weight is 603 g/mol. The highest BCUT2D eigenvalue weighted by molar-refractivity contribution is 5.69. The van der Waals surface area contributed by atoms with Gasteiger partial charge in [0, 0.05) is 43.7 Å². The van der Waals surface area contributed by atoms with E-state index in [1.54, 1.807) is 35.2 Å². The van der Waals surface area contributed by atoms with E-state index in [2.05, 4.69) is 28.9 Å². The second-order valence-electron chi connectivity index (χ2n) is 11.7. The van der Waals surface area contributed by atoms with E-state index in [4.69, 9.17) is 4.74 Å². The number of amides is 1. The molecule has 44 heavy (non-hydrogen) atoms. The normalized spacial score (nSPS) is 21.5. The molecule has 232 valence electrons. The van der Waals surface area contributed by atoms with Gasteiger partial charge in [-0.1, -0.05) is 48.5 Å². The van der Waals surface area contributed by atoms with Crippen LogP contribution in [0.2, 0.25) is 0 Å². The predicted octanol–water partition coefficient (Wildman–Crippen LogP) is 5.39. The molecule has 0 aromatic heterocycles. The second kappa shape index (κ2) is 14.1. The maximum absolute atomic E-state index is 13.9. The van der Waals surface area contributed by atoms with Crippen LogP contribution in [0.5, 0.6) is 0 Å². The van der Waals surface area contributed by atoms with Crippen LogP contribution in [0.25, 0.3) is 0 Å². The zero-order chi connectivity index (χ0) is 31.1. The van der Waals surface area contributed by atoms with Crippen LogP contribution in [0, 0.1) is 21.8 Å². The third-order valence-corrected chi connectivity index (χ3v) is 8.79. The van der Waals surface area contributed by atoms with Gasteiger partial charge in [-0.05, 0) is 73.3 Å². The largest absolute Gasteiger partial charge is 0.445 e. The molecule has 2 heterocycles. The zero-order valence-corrected chi connectivity index (χ0v) is 24.7. The SMILES string of the molecule is C=CC(CC1CN(Cc2ccccc2)CC1(O)c1ccc(F)cc1)N(C(=O)OCc1ccc([N+](=O)[O-])cc1)C1CCNCC1. The molecule has 9 nitrogen and oxygen atoms in total. The molecule has 2 aliphatic rings. The summed E-state index contributed by atoms with van der Waals surface area (Å²) in [4.78, 5) is 28.3. The molecular formula is C34H39FN4O5. The van der Waals surface area contributed by atoms with Crippen LogP contribution in [0.4, 0.5) is 14.9 Å². The number of carbonyl (C=O) groups is 1. The van der Waals surface area contributed by atoms with Crippen LogP contribution >= 0.6 is 0 Å². The molecule has 1 amide bonds. The van der Waals surface area contributed by atoms with Crippen LogP contribution < -0.4 is 5.32 Å². The Morgan fingerprint density at radius 2 is 1.80 bits per heavy atom. The number of likely N-dealkylation sites (tertiary alicyclic amines) is 1. The molecule has 2 N–H and O–H groups in total. The van der Waals surface area contributed by atoms with Crippen molar-refractivity contribution in [3.63, 3.8) is 0 Å². The number of hydrogen-bond donors (Lipinski definition) is 2. The van der Waals surface area contributed by atoms with Crippen molar-refractivity contribution in [1.29, 1.82) is 0 Å². The lowest BCUT2D eigenvalue weighted by atomic mass is 9.80. The number of nitro benzene ring substituents is 1. The topological polar surface area (TPSA) is 108 Å². The van der Waals surface area contributed by atoms with Crippen molar-refractivity contribution in [3.05, 3.63) is 124 Å². The maximum Gasteiger partial charge on any atom is 0.410 e. The van der Waals surface area contributed by atoms with E-state index >= 15 is 0 Å². The molecule has 0 saturated carbocycles. The number of non-ortho nitro benzene ring substituents is 1. The molecule has 3 atom stereocenters. The number of nitrogens with zero attached hydrogens (tertiary/aromatic N) is 3. The van der Waals surface area contributed by atoms with Crippen molar-refractivity contribution in [3.8, 4) is 0 Å². The Kier molecular flexibility index (Phi) is 10.0. The molecule has 0 bridgehead atoms. The quantitative estimate of drug-likeness (QED) is 0.172. The fourth-order valence-corrected chi connectivity index (χ4v) is 6.48. The Hall–Kier alpha value is -4.12. The number of hydrogen-bond acceptors (Lipinski definition) is 7. The van der Waals surface area contributed by atoms with Gasteiger partial charge in [0.05, 0.1) is 11.0 Å². The third-order valence-electron chi connectivity index (χ3n) is 8.79. The summed E-state index contributed by atoms with van der Waals surface area (Å²) in [7, 11) is 0. The third kappa shape index (κ3) is 7.32. The molecule has 5 rings (SSSR count). The van der Waals surface area contributed by atoms with Crippen LogP contribution in [0.1, 0.15) is 36.0 Å². The Bertz CT molecular complexity index is 1420. The number of halogens is 1. The van der Waals surface area contributed by atoms with E-state index in [9.17, 15) is 24.4 Å². The van der Waals surface area contributed by atoms with E-state index in [1.807, 2.05) is 18.2 Å². The van der Waals surface area contributed by atoms with Crippen molar-refractivity contribution in [2.75, 3.05) is 26.2 Å². The first-order valence-electron chi connectivity index (χ1n) is 15.0. The molecule has 3 aromatic carbocycles. The molecule has 0 radical (unpaired) electrons. The smallest absolute Gasteiger partial charge is 0.410 e. The van der Waals surface area contributed by atoms with E-state index in [0.717, 1.165) is 31.5 Å². The zero-order valence-electron chi connectivity index (χ0n) is 24.7. The lowest BCUT2D eigenvalue weighted by Crippen LogP contribution is -2.52. The molecule has 10 heteroatoms. The summed E-state index contributed by atoms with van der Waals surface area (Å²) in [6.45, 7) is 7.16. The van der Waals surface area contributed by atoms with Crippen LogP contribution in [-0.4, -0.2) is 64.2 Å². The fourth-order valence-electron chi connectivity index (χ4n) is 6.48. The van der Waals surface area contributed by atoms with Crippen molar-refractivity contribution < 1.29 is 24.0 Å². The summed E-state index contributed by atoms with van der Waals surface area (Å²) in [5.74, 6) is -0.656. The van der Waals surface area contributed by atoms with Gasteiger partial charge in [0.2, 0.25) is 0 Å². The lowest BCUT2D eigenvalue weighted by Gasteiger charge is -2.40. The first-order chi connectivity index (χ1) is 21.3. The Balaban J connectivity index is 1.38. The van der Waals surface area contributed by atoms with Gasteiger partial charge >= 0.3 is 6.09 Å². The molecule has 2 fully saturated rings. The Labute approximate surface area is 257 Å². The predicted molar refractivity (Wildman–Crippen MR) is 165 cm³/mol. The number of nitrogens with one attached hydrogen (secondary N) is 1. The van der Waals surface area contributed by atoms with Gasteiger partial charge in [-0.3, -0.25) is 19.9 Å². The van der Waals surface area contributed by atoms with Gasteiger partial charge in [0.25, 0.3) is 5.69 Å². The Morgan fingerprint density at radius 1 is 1.11 bits per heavy atom. The highest BCUT2D eigenvalue weighted by Crippen LogP contribution is 2.41. The fraction of sp³-hybridized carbons (Fsp3) is 0.382. The van der Waals surface area contributed by atoms with Crippen LogP contribution in [0.3, 0.4) is 0 Å². The minimum absolute atomic E-state index is 0.0318. The number of aliphatic hydroxyl groups is 1. The van der Waals surface area contributed by atoms with Gasteiger partial charge < -0.3 is 15.2 Å². The number of ether oxygens (including phenoxy) is 1. The minimum Gasteiger partial charge on any atom is -0.445 e.